The molecule has 0 aliphatic heterocycles. The average Bonchev–Trinajstić information content (AvgIpc) is 2.65. The summed E-state index contributed by atoms with van der Waals surface area (Å²) in [6, 6.07) is 0. The van der Waals surface area contributed by atoms with Gasteiger partial charge in [-0.25, -0.2) is 4.98 Å². The van der Waals surface area contributed by atoms with Crippen LogP contribution in [0.4, 0.5) is 5.13 Å². The molecule has 0 radical (unpaired) electrons. The lowest BCUT2D eigenvalue weighted by Gasteiger charge is -2.19. The fourth-order valence-corrected chi connectivity index (χ4v) is 2.40. The highest BCUT2D eigenvalue weighted by molar-refractivity contribution is 7.13. The van der Waals surface area contributed by atoms with Gasteiger partial charge in [0, 0.05) is 18.5 Å². The summed E-state index contributed by atoms with van der Waals surface area (Å²) in [6.07, 6.45) is 2.17. The lowest BCUT2D eigenvalue weighted by atomic mass is 10.3. The number of rotatable bonds is 7. The summed E-state index contributed by atoms with van der Waals surface area (Å²) in [4.78, 5) is 17.1. The van der Waals surface area contributed by atoms with Crippen molar-refractivity contribution >= 4 is 22.4 Å². The lowest BCUT2D eigenvalue weighted by molar-refractivity contribution is -0.136. The Balaban J connectivity index is 2.68. The fourth-order valence-electron chi connectivity index (χ4n) is 1.52. The van der Waals surface area contributed by atoms with Crippen LogP contribution in [-0.4, -0.2) is 29.1 Å². The first-order chi connectivity index (χ1) is 7.67. The van der Waals surface area contributed by atoms with Crippen LogP contribution in [0.15, 0.2) is 5.38 Å². The van der Waals surface area contributed by atoms with Gasteiger partial charge in [0.25, 0.3) is 0 Å². The minimum absolute atomic E-state index is 0.0165. The third-order valence-corrected chi connectivity index (χ3v) is 3.08. The van der Waals surface area contributed by atoms with E-state index in [-0.39, 0.29) is 6.42 Å². The van der Waals surface area contributed by atoms with Crippen LogP contribution in [0.5, 0.6) is 0 Å². The highest BCUT2D eigenvalue weighted by Crippen LogP contribution is 2.21. The Bertz CT molecular complexity index is 332. The highest BCUT2D eigenvalue weighted by Gasteiger charge is 2.11. The zero-order valence-electron chi connectivity index (χ0n) is 9.77. The van der Waals surface area contributed by atoms with Gasteiger partial charge >= 0.3 is 5.97 Å². The van der Waals surface area contributed by atoms with E-state index >= 15 is 0 Å². The number of hydrogen-bond donors (Lipinski definition) is 1. The molecule has 0 unspecified atom stereocenters. The number of carbonyl (C=O) groups is 1. The van der Waals surface area contributed by atoms with E-state index < -0.39 is 5.97 Å². The van der Waals surface area contributed by atoms with Crippen molar-refractivity contribution in [3.63, 3.8) is 0 Å². The minimum atomic E-state index is -0.825. The van der Waals surface area contributed by atoms with Gasteiger partial charge in [-0.2, -0.15) is 0 Å². The average molecular weight is 242 g/mol. The first-order valence-corrected chi connectivity index (χ1v) is 6.46. The van der Waals surface area contributed by atoms with E-state index in [1.165, 1.54) is 11.3 Å². The Morgan fingerprint density at radius 1 is 1.44 bits per heavy atom. The number of thiazole rings is 1. The summed E-state index contributed by atoms with van der Waals surface area (Å²) in [5.41, 5.74) is 0.657. The number of carboxylic acids is 1. The second-order valence-corrected chi connectivity index (χ2v) is 4.52. The van der Waals surface area contributed by atoms with Gasteiger partial charge in [-0.1, -0.05) is 13.8 Å². The molecule has 0 aromatic carbocycles. The highest BCUT2D eigenvalue weighted by atomic mass is 32.1. The Morgan fingerprint density at radius 2 is 2.06 bits per heavy atom. The third kappa shape index (κ3) is 3.81. The summed E-state index contributed by atoms with van der Waals surface area (Å²) in [7, 11) is 0. The second-order valence-electron chi connectivity index (χ2n) is 3.68. The second kappa shape index (κ2) is 6.48. The standard InChI is InChI=1S/C11H18N2O2S/c1-3-5-13(6-4-2)11-12-9(8-16-11)7-10(14)15/h8H,3-7H2,1-2H3,(H,14,15). The van der Waals surface area contributed by atoms with Crippen molar-refractivity contribution in [2.45, 2.75) is 33.1 Å². The monoisotopic (exact) mass is 242 g/mol. The maximum absolute atomic E-state index is 10.6. The molecule has 1 rings (SSSR count). The molecule has 0 aliphatic carbocycles. The van der Waals surface area contributed by atoms with Crippen LogP contribution in [0.25, 0.3) is 0 Å². The number of anilines is 1. The maximum atomic E-state index is 10.6. The molecule has 0 atom stereocenters. The number of aliphatic carboxylic acids is 1. The van der Waals surface area contributed by atoms with E-state index in [9.17, 15) is 4.79 Å². The molecule has 0 saturated carbocycles. The van der Waals surface area contributed by atoms with Crippen LogP contribution in [0.1, 0.15) is 32.4 Å². The number of nitrogens with zero attached hydrogens (tertiary/aromatic N) is 2. The molecule has 0 amide bonds. The quantitative estimate of drug-likeness (QED) is 0.797. The minimum Gasteiger partial charge on any atom is -0.481 e. The molecule has 16 heavy (non-hydrogen) atoms. The van der Waals surface area contributed by atoms with Crippen molar-refractivity contribution in [1.82, 2.24) is 4.98 Å². The van der Waals surface area contributed by atoms with Crippen LogP contribution < -0.4 is 4.90 Å². The normalized spacial score (nSPS) is 10.4. The van der Waals surface area contributed by atoms with Gasteiger partial charge in [-0.15, -0.1) is 11.3 Å². The zero-order valence-corrected chi connectivity index (χ0v) is 10.6. The summed E-state index contributed by atoms with van der Waals surface area (Å²) < 4.78 is 0. The van der Waals surface area contributed by atoms with Crippen LogP contribution in [0, 0.1) is 0 Å². The number of aromatic nitrogens is 1. The molecule has 5 heteroatoms. The van der Waals surface area contributed by atoms with Gasteiger partial charge in [0.15, 0.2) is 5.13 Å². The van der Waals surface area contributed by atoms with Crippen molar-refractivity contribution in [3.8, 4) is 0 Å². The molecule has 0 saturated heterocycles. The number of hydrogen-bond acceptors (Lipinski definition) is 4. The van der Waals surface area contributed by atoms with Crippen LogP contribution in [0.3, 0.4) is 0 Å². The maximum Gasteiger partial charge on any atom is 0.309 e. The third-order valence-electron chi connectivity index (χ3n) is 2.13. The summed E-state index contributed by atoms with van der Waals surface area (Å²) in [6.45, 7) is 6.23. The molecule has 1 aromatic rings. The van der Waals surface area contributed by atoms with E-state index in [4.69, 9.17) is 5.11 Å². The van der Waals surface area contributed by atoms with Crippen molar-refractivity contribution in [2.75, 3.05) is 18.0 Å². The SMILES string of the molecule is CCCN(CCC)c1nc(CC(=O)O)cs1. The summed E-state index contributed by atoms with van der Waals surface area (Å²) in [5.74, 6) is -0.825. The van der Waals surface area contributed by atoms with Gasteiger partial charge in [0.1, 0.15) is 0 Å². The van der Waals surface area contributed by atoms with E-state index in [0.29, 0.717) is 5.69 Å². The zero-order chi connectivity index (χ0) is 12.0. The smallest absolute Gasteiger partial charge is 0.309 e. The lowest BCUT2D eigenvalue weighted by Crippen LogP contribution is -2.24. The van der Waals surface area contributed by atoms with Gasteiger partial charge in [-0.05, 0) is 12.8 Å². The molecule has 0 bridgehead atoms. The topological polar surface area (TPSA) is 53.4 Å². The Hall–Kier alpha value is -1.10. The van der Waals surface area contributed by atoms with Crippen LogP contribution in [-0.2, 0) is 11.2 Å². The van der Waals surface area contributed by atoms with E-state index in [1.807, 2.05) is 5.38 Å². The van der Waals surface area contributed by atoms with Crippen molar-refractivity contribution in [2.24, 2.45) is 0 Å². The summed E-state index contributed by atoms with van der Waals surface area (Å²) in [5, 5.41) is 11.5. The van der Waals surface area contributed by atoms with Gasteiger partial charge in [0.05, 0.1) is 12.1 Å². The first-order valence-electron chi connectivity index (χ1n) is 5.58. The molecule has 4 nitrogen and oxygen atoms in total. The summed E-state index contributed by atoms with van der Waals surface area (Å²) >= 11 is 1.53. The Labute approximate surface area is 99.9 Å². The molecule has 1 N–H and O–H groups in total. The Kier molecular flexibility index (Phi) is 5.25. The molecule has 90 valence electrons. The van der Waals surface area contributed by atoms with E-state index in [2.05, 4.69) is 23.7 Å². The van der Waals surface area contributed by atoms with Gasteiger partial charge in [-0.3, -0.25) is 4.79 Å². The van der Waals surface area contributed by atoms with Crippen molar-refractivity contribution < 1.29 is 9.90 Å². The van der Waals surface area contributed by atoms with Gasteiger partial charge in [0.2, 0.25) is 0 Å². The molecule has 1 heterocycles. The van der Waals surface area contributed by atoms with Crippen LogP contribution >= 0.6 is 11.3 Å². The molecule has 1 aromatic heterocycles. The molecule has 0 fully saturated rings. The van der Waals surface area contributed by atoms with Crippen molar-refractivity contribution in [1.29, 1.82) is 0 Å². The molecule has 0 aliphatic rings. The molecule has 0 spiro atoms. The van der Waals surface area contributed by atoms with Crippen molar-refractivity contribution in [3.05, 3.63) is 11.1 Å². The molecular weight excluding hydrogens is 224 g/mol. The van der Waals surface area contributed by atoms with Crippen LogP contribution in [0.2, 0.25) is 0 Å². The number of carboxylic acid groups (broad SMARTS) is 1. The van der Waals surface area contributed by atoms with E-state index in [1.54, 1.807) is 0 Å². The first kappa shape index (κ1) is 13.0. The Morgan fingerprint density at radius 3 is 2.56 bits per heavy atom. The largest absolute Gasteiger partial charge is 0.481 e. The predicted octanol–water partition coefficient (Wildman–Crippen LogP) is 2.40. The van der Waals surface area contributed by atoms with E-state index in [0.717, 1.165) is 31.1 Å². The fraction of sp³-hybridized carbons (Fsp3) is 0.636. The predicted molar refractivity (Wildman–Crippen MR) is 66.2 cm³/mol. The molecular formula is C11H18N2O2S. The van der Waals surface area contributed by atoms with Gasteiger partial charge < -0.3 is 10.0 Å².